The van der Waals surface area contributed by atoms with Crippen LogP contribution in [0.2, 0.25) is 0 Å². The molecule has 8 nitrogen and oxygen atoms in total. The Kier molecular flexibility index (Phi) is 9.51. The Hall–Kier alpha value is -3.08. The van der Waals surface area contributed by atoms with E-state index in [1.54, 1.807) is 7.05 Å². The third-order valence-corrected chi connectivity index (χ3v) is 4.74. The zero-order valence-corrected chi connectivity index (χ0v) is 21.0. The van der Waals surface area contributed by atoms with E-state index in [4.69, 9.17) is 0 Å². The van der Waals surface area contributed by atoms with E-state index in [1.165, 1.54) is 7.11 Å². The number of rotatable bonds is 6. The number of benzene rings is 2. The number of aromatic nitrogens is 2. The van der Waals surface area contributed by atoms with Gasteiger partial charge in [0.05, 0.1) is 18.5 Å². The van der Waals surface area contributed by atoms with Crippen molar-refractivity contribution in [3.05, 3.63) is 77.1 Å². The Morgan fingerprint density at radius 2 is 1.75 bits per heavy atom. The van der Waals surface area contributed by atoms with E-state index in [0.29, 0.717) is 24.7 Å². The molecule has 0 atom stereocenters. The van der Waals surface area contributed by atoms with Crippen LogP contribution in [0.5, 0.6) is 0 Å². The number of methoxy groups -OCH3 is 1. The number of nitrogens with one attached hydrogen (secondary N) is 3. The lowest BCUT2D eigenvalue weighted by Crippen LogP contribution is -2.36. The van der Waals surface area contributed by atoms with E-state index in [-0.39, 0.29) is 24.0 Å². The number of anilines is 1. The van der Waals surface area contributed by atoms with Gasteiger partial charge in [-0.15, -0.1) is 24.0 Å². The third kappa shape index (κ3) is 6.71. The topological polar surface area (TPSA) is 92.6 Å². The van der Waals surface area contributed by atoms with Crippen LogP contribution in [0.15, 0.2) is 59.6 Å². The normalized spacial score (nSPS) is 10.8. The summed E-state index contributed by atoms with van der Waals surface area (Å²) in [6.07, 6.45) is -0.490. The molecule has 0 radical (unpaired) electrons. The van der Waals surface area contributed by atoms with Gasteiger partial charge >= 0.3 is 6.09 Å². The largest absolute Gasteiger partial charge is 0.453 e. The summed E-state index contributed by atoms with van der Waals surface area (Å²) in [5.74, 6) is 0.694. The highest BCUT2D eigenvalue weighted by molar-refractivity contribution is 14.0. The number of carbonyl (C=O) groups excluding carboxylic acids is 1. The molecule has 3 N–H and O–H groups in total. The summed E-state index contributed by atoms with van der Waals surface area (Å²) < 4.78 is 6.56. The first kappa shape index (κ1) is 25.2. The molecule has 3 rings (SSSR count). The average Bonchev–Trinajstić information content (AvgIpc) is 3.12. The van der Waals surface area contributed by atoms with Gasteiger partial charge in [-0.3, -0.25) is 10.3 Å². The molecule has 170 valence electrons. The molecule has 3 aromatic rings. The molecule has 0 saturated heterocycles. The summed E-state index contributed by atoms with van der Waals surface area (Å²) in [6.45, 7) is 5.25. The van der Waals surface area contributed by atoms with Crippen LogP contribution in [0.1, 0.15) is 22.5 Å². The quantitative estimate of drug-likeness (QED) is 0.245. The molecule has 0 spiro atoms. The van der Waals surface area contributed by atoms with Crippen LogP contribution in [0.25, 0.3) is 5.69 Å². The van der Waals surface area contributed by atoms with Crippen LogP contribution in [-0.2, 0) is 17.8 Å². The van der Waals surface area contributed by atoms with Crippen LogP contribution < -0.4 is 16.0 Å². The maximum absolute atomic E-state index is 11.3. The van der Waals surface area contributed by atoms with E-state index in [2.05, 4.69) is 55.9 Å². The Bertz CT molecular complexity index is 1060. The highest BCUT2D eigenvalue weighted by Crippen LogP contribution is 2.17. The molecule has 0 aliphatic rings. The van der Waals surface area contributed by atoms with Crippen molar-refractivity contribution in [2.75, 3.05) is 19.5 Å². The van der Waals surface area contributed by atoms with Gasteiger partial charge in [-0.1, -0.05) is 30.3 Å². The molecule has 1 aromatic heterocycles. The maximum Gasteiger partial charge on any atom is 0.411 e. The van der Waals surface area contributed by atoms with Gasteiger partial charge in [0.2, 0.25) is 0 Å². The molecule has 9 heteroatoms. The Labute approximate surface area is 205 Å². The van der Waals surface area contributed by atoms with Crippen LogP contribution in [0.4, 0.5) is 10.5 Å². The van der Waals surface area contributed by atoms with Gasteiger partial charge < -0.3 is 15.4 Å². The molecular formula is C23H29IN6O2. The van der Waals surface area contributed by atoms with Gasteiger partial charge in [0.1, 0.15) is 0 Å². The van der Waals surface area contributed by atoms with Crippen molar-refractivity contribution in [3.63, 3.8) is 0 Å². The van der Waals surface area contributed by atoms with Crippen LogP contribution in [-0.4, -0.2) is 36.0 Å². The molecule has 0 aliphatic carbocycles. The SMILES string of the molecule is CN=C(NCc1ccc(NC(=O)OC)cc1)NCc1ccccc1-n1nc(C)cc1C.I. The van der Waals surface area contributed by atoms with Gasteiger partial charge in [0.25, 0.3) is 0 Å². The number of carbonyl (C=O) groups is 1. The average molecular weight is 548 g/mol. The zero-order chi connectivity index (χ0) is 22.2. The molecule has 0 saturated carbocycles. The predicted octanol–water partition coefficient (Wildman–Crippen LogP) is 4.15. The summed E-state index contributed by atoms with van der Waals surface area (Å²) in [5, 5.41) is 13.9. The lowest BCUT2D eigenvalue weighted by atomic mass is 10.1. The van der Waals surface area contributed by atoms with Crippen molar-refractivity contribution in [3.8, 4) is 5.69 Å². The van der Waals surface area contributed by atoms with E-state index >= 15 is 0 Å². The van der Waals surface area contributed by atoms with Gasteiger partial charge in [0.15, 0.2) is 5.96 Å². The molecule has 0 unspecified atom stereocenters. The number of hydrogen-bond donors (Lipinski definition) is 3. The first-order chi connectivity index (χ1) is 15.0. The second-order valence-corrected chi connectivity index (χ2v) is 7.06. The van der Waals surface area contributed by atoms with Crippen LogP contribution >= 0.6 is 24.0 Å². The summed E-state index contributed by atoms with van der Waals surface area (Å²) in [5.41, 5.74) is 5.99. The van der Waals surface area contributed by atoms with Crippen molar-refractivity contribution in [1.82, 2.24) is 20.4 Å². The fourth-order valence-electron chi connectivity index (χ4n) is 3.20. The molecule has 2 aromatic carbocycles. The highest BCUT2D eigenvalue weighted by Gasteiger charge is 2.09. The van der Waals surface area contributed by atoms with E-state index in [1.807, 2.05) is 48.0 Å². The van der Waals surface area contributed by atoms with Crippen molar-refractivity contribution in [2.24, 2.45) is 4.99 Å². The van der Waals surface area contributed by atoms with Crippen molar-refractivity contribution >= 4 is 41.7 Å². The van der Waals surface area contributed by atoms with E-state index < -0.39 is 6.09 Å². The van der Waals surface area contributed by atoms with Gasteiger partial charge in [0, 0.05) is 31.5 Å². The van der Waals surface area contributed by atoms with Crippen molar-refractivity contribution in [2.45, 2.75) is 26.9 Å². The minimum atomic E-state index is -0.490. The molecule has 1 heterocycles. The number of aliphatic imine (C=N–C) groups is 1. The highest BCUT2D eigenvalue weighted by atomic mass is 127. The van der Waals surface area contributed by atoms with E-state index in [0.717, 1.165) is 28.2 Å². The number of guanidine groups is 1. The minimum Gasteiger partial charge on any atom is -0.453 e. The molecule has 0 bridgehead atoms. The molecule has 0 fully saturated rings. The molecule has 1 amide bonds. The van der Waals surface area contributed by atoms with Gasteiger partial charge in [-0.25, -0.2) is 9.48 Å². The number of hydrogen-bond acceptors (Lipinski definition) is 4. The molecular weight excluding hydrogens is 519 g/mol. The van der Waals surface area contributed by atoms with Gasteiger partial charge in [-0.2, -0.15) is 5.10 Å². The Morgan fingerprint density at radius 1 is 1.06 bits per heavy atom. The second-order valence-electron chi connectivity index (χ2n) is 7.06. The smallest absolute Gasteiger partial charge is 0.411 e. The Balaban J connectivity index is 0.00000363. The molecule has 32 heavy (non-hydrogen) atoms. The number of nitrogens with zero attached hydrogens (tertiary/aromatic N) is 3. The van der Waals surface area contributed by atoms with E-state index in [9.17, 15) is 4.79 Å². The lowest BCUT2D eigenvalue weighted by Gasteiger charge is -2.15. The summed E-state index contributed by atoms with van der Waals surface area (Å²) in [7, 11) is 3.08. The zero-order valence-electron chi connectivity index (χ0n) is 18.7. The number of aryl methyl sites for hydroxylation is 2. The first-order valence-electron chi connectivity index (χ1n) is 10.00. The van der Waals surface area contributed by atoms with Gasteiger partial charge in [-0.05, 0) is 49.2 Å². The van der Waals surface area contributed by atoms with Crippen LogP contribution in [0.3, 0.4) is 0 Å². The monoisotopic (exact) mass is 548 g/mol. The number of para-hydroxylation sites is 1. The number of halogens is 1. The fraction of sp³-hybridized carbons (Fsp3) is 0.261. The summed E-state index contributed by atoms with van der Waals surface area (Å²) in [6, 6.07) is 17.8. The number of amides is 1. The minimum absolute atomic E-state index is 0. The summed E-state index contributed by atoms with van der Waals surface area (Å²) >= 11 is 0. The standard InChI is InChI=1S/C23H28N6O2.HI/c1-16-13-17(2)29(28-16)21-8-6-5-7-19(21)15-26-22(24-3)25-14-18-9-11-20(12-10-18)27-23(30)31-4;/h5-13H,14-15H2,1-4H3,(H,27,30)(H2,24,25,26);1H. The van der Waals surface area contributed by atoms with Crippen molar-refractivity contribution < 1.29 is 9.53 Å². The maximum atomic E-state index is 11.3. The number of ether oxygens (including phenoxy) is 1. The lowest BCUT2D eigenvalue weighted by molar-refractivity contribution is 0.187. The Morgan fingerprint density at radius 3 is 2.38 bits per heavy atom. The second kappa shape index (κ2) is 12.1. The molecule has 0 aliphatic heterocycles. The fourth-order valence-corrected chi connectivity index (χ4v) is 3.20. The summed E-state index contributed by atoms with van der Waals surface area (Å²) in [4.78, 5) is 15.6. The first-order valence-corrected chi connectivity index (χ1v) is 10.00. The third-order valence-electron chi connectivity index (χ3n) is 4.74. The predicted molar refractivity (Wildman–Crippen MR) is 138 cm³/mol. The van der Waals surface area contributed by atoms with Crippen molar-refractivity contribution in [1.29, 1.82) is 0 Å². The van der Waals surface area contributed by atoms with Crippen LogP contribution in [0, 0.1) is 13.8 Å².